The number of rotatable bonds is 6. The van der Waals surface area contributed by atoms with Gasteiger partial charge in [0.25, 0.3) is 11.8 Å². The summed E-state index contributed by atoms with van der Waals surface area (Å²) in [5, 5.41) is 0.595. The maximum absolute atomic E-state index is 12.2. The number of aryl methyl sites for hydroxylation is 1. The van der Waals surface area contributed by atoms with E-state index < -0.39 is 5.91 Å². The Kier molecular flexibility index (Phi) is 6.36. The first-order valence-corrected chi connectivity index (χ1v) is 9.32. The van der Waals surface area contributed by atoms with E-state index in [0.717, 1.165) is 19.4 Å². The molecule has 1 fully saturated rings. The monoisotopic (exact) mass is 391 g/mol. The number of hydrogen-bond donors (Lipinski definition) is 3. The molecule has 2 atom stereocenters. The SMILES string of the molecule is Cn1cccc1[C@H]1CCC[NH+]1CC(=O)NNC(=O)COc1ccc(Cl)cc1. The number of aromatic nitrogens is 1. The Morgan fingerprint density at radius 3 is 2.67 bits per heavy atom. The lowest BCUT2D eigenvalue weighted by Gasteiger charge is -2.21. The van der Waals surface area contributed by atoms with Crippen LogP contribution in [0.15, 0.2) is 42.6 Å². The van der Waals surface area contributed by atoms with E-state index in [-0.39, 0.29) is 12.5 Å². The van der Waals surface area contributed by atoms with Crippen molar-refractivity contribution in [2.24, 2.45) is 7.05 Å². The molecular formula is C19H24ClN4O3+. The Morgan fingerprint density at radius 1 is 1.22 bits per heavy atom. The van der Waals surface area contributed by atoms with Crippen LogP contribution >= 0.6 is 11.6 Å². The number of halogens is 1. The van der Waals surface area contributed by atoms with Gasteiger partial charge in [-0.25, -0.2) is 0 Å². The number of carbonyl (C=O) groups excluding carboxylic acids is 2. The van der Waals surface area contributed by atoms with Crippen molar-refractivity contribution >= 4 is 23.4 Å². The number of hydrogen-bond acceptors (Lipinski definition) is 3. The van der Waals surface area contributed by atoms with Gasteiger partial charge in [0, 0.05) is 31.1 Å². The van der Waals surface area contributed by atoms with E-state index >= 15 is 0 Å². The summed E-state index contributed by atoms with van der Waals surface area (Å²) < 4.78 is 7.44. The Hall–Kier alpha value is -2.51. The normalized spacial score (nSPS) is 18.9. The number of hydrazine groups is 1. The van der Waals surface area contributed by atoms with Gasteiger partial charge in [-0.05, 0) is 36.4 Å². The molecule has 0 aliphatic carbocycles. The molecule has 0 bridgehead atoms. The summed E-state index contributed by atoms with van der Waals surface area (Å²) in [5.74, 6) is -0.104. The third-order valence-electron chi connectivity index (χ3n) is 4.74. The topological polar surface area (TPSA) is 76.8 Å². The maximum atomic E-state index is 12.2. The summed E-state index contributed by atoms with van der Waals surface area (Å²) in [6.45, 7) is 1.06. The van der Waals surface area contributed by atoms with Crippen molar-refractivity contribution in [3.8, 4) is 5.75 Å². The van der Waals surface area contributed by atoms with E-state index in [4.69, 9.17) is 16.3 Å². The van der Waals surface area contributed by atoms with Crippen molar-refractivity contribution in [3.63, 3.8) is 0 Å². The minimum atomic E-state index is -0.422. The van der Waals surface area contributed by atoms with Crippen LogP contribution in [-0.4, -0.2) is 36.1 Å². The molecule has 0 radical (unpaired) electrons. The molecule has 0 saturated carbocycles. The summed E-state index contributed by atoms with van der Waals surface area (Å²) in [4.78, 5) is 25.2. The van der Waals surface area contributed by atoms with Crippen LogP contribution in [0.25, 0.3) is 0 Å². The summed E-state index contributed by atoms with van der Waals surface area (Å²) in [7, 11) is 2.02. The van der Waals surface area contributed by atoms with Gasteiger partial charge in [0.2, 0.25) is 0 Å². The molecule has 1 aromatic carbocycles. The molecule has 0 spiro atoms. The van der Waals surface area contributed by atoms with E-state index in [9.17, 15) is 9.59 Å². The first-order chi connectivity index (χ1) is 13.0. The van der Waals surface area contributed by atoms with Gasteiger partial charge in [0.15, 0.2) is 13.2 Å². The average Bonchev–Trinajstić information content (AvgIpc) is 3.27. The summed E-state index contributed by atoms with van der Waals surface area (Å²) in [6, 6.07) is 11.1. The van der Waals surface area contributed by atoms with Crippen LogP contribution in [0.2, 0.25) is 5.02 Å². The smallest absolute Gasteiger partial charge is 0.293 e. The Labute approximate surface area is 163 Å². The Balaban J connectivity index is 1.41. The number of quaternary nitrogens is 1. The molecule has 2 amide bonds. The molecule has 1 aliphatic heterocycles. The Bertz CT molecular complexity index is 791. The van der Waals surface area contributed by atoms with Crippen LogP contribution < -0.4 is 20.5 Å². The third-order valence-corrected chi connectivity index (χ3v) is 4.99. The number of ether oxygens (including phenoxy) is 1. The van der Waals surface area contributed by atoms with Gasteiger partial charge in [-0.1, -0.05) is 11.6 Å². The van der Waals surface area contributed by atoms with E-state index in [1.54, 1.807) is 24.3 Å². The second-order valence-electron chi connectivity index (χ2n) is 6.66. The van der Waals surface area contributed by atoms with Crippen LogP contribution in [-0.2, 0) is 16.6 Å². The predicted octanol–water partition coefficient (Wildman–Crippen LogP) is 0.625. The number of carbonyl (C=O) groups is 2. The lowest BCUT2D eigenvalue weighted by molar-refractivity contribution is -0.911. The zero-order valence-electron chi connectivity index (χ0n) is 15.2. The molecule has 8 heteroatoms. The molecular weight excluding hydrogens is 368 g/mol. The minimum absolute atomic E-state index is 0.190. The largest absolute Gasteiger partial charge is 0.484 e. The molecule has 144 valence electrons. The molecule has 3 N–H and O–H groups in total. The quantitative estimate of drug-likeness (QED) is 0.632. The van der Waals surface area contributed by atoms with Crippen molar-refractivity contribution in [3.05, 3.63) is 53.3 Å². The summed E-state index contributed by atoms with van der Waals surface area (Å²) >= 11 is 5.79. The molecule has 1 unspecified atom stereocenters. The lowest BCUT2D eigenvalue weighted by Crippen LogP contribution is -3.11. The van der Waals surface area contributed by atoms with Crippen molar-refractivity contribution in [1.29, 1.82) is 0 Å². The highest BCUT2D eigenvalue weighted by Gasteiger charge is 2.32. The van der Waals surface area contributed by atoms with Crippen LogP contribution in [0.1, 0.15) is 24.6 Å². The lowest BCUT2D eigenvalue weighted by atomic mass is 10.1. The molecule has 3 rings (SSSR count). The molecule has 7 nitrogen and oxygen atoms in total. The van der Waals surface area contributed by atoms with E-state index in [2.05, 4.69) is 21.5 Å². The number of benzene rings is 1. The number of amides is 2. The van der Waals surface area contributed by atoms with E-state index in [1.807, 2.05) is 19.3 Å². The highest BCUT2D eigenvalue weighted by molar-refractivity contribution is 6.30. The van der Waals surface area contributed by atoms with Gasteiger partial charge < -0.3 is 14.2 Å². The zero-order valence-corrected chi connectivity index (χ0v) is 16.0. The average molecular weight is 392 g/mol. The zero-order chi connectivity index (χ0) is 19.2. The molecule has 27 heavy (non-hydrogen) atoms. The molecule has 2 heterocycles. The first-order valence-electron chi connectivity index (χ1n) is 8.95. The van der Waals surface area contributed by atoms with Crippen molar-refractivity contribution < 1.29 is 19.2 Å². The fraction of sp³-hybridized carbons (Fsp3) is 0.368. The second-order valence-corrected chi connectivity index (χ2v) is 7.10. The minimum Gasteiger partial charge on any atom is -0.484 e. The van der Waals surface area contributed by atoms with Crippen LogP contribution in [0.3, 0.4) is 0 Å². The van der Waals surface area contributed by atoms with E-state index in [0.29, 0.717) is 23.4 Å². The summed E-state index contributed by atoms with van der Waals surface area (Å²) in [6.07, 6.45) is 4.16. The number of nitrogens with one attached hydrogen (secondary N) is 3. The van der Waals surface area contributed by atoms with Gasteiger partial charge in [0.05, 0.1) is 12.2 Å². The van der Waals surface area contributed by atoms with Gasteiger partial charge >= 0.3 is 0 Å². The number of likely N-dealkylation sites (tertiary alicyclic amines) is 1. The third kappa shape index (κ3) is 5.24. The van der Waals surface area contributed by atoms with Crippen molar-refractivity contribution in [2.75, 3.05) is 19.7 Å². The molecule has 2 aromatic rings. The van der Waals surface area contributed by atoms with Crippen LogP contribution in [0, 0.1) is 0 Å². The van der Waals surface area contributed by atoms with E-state index in [1.165, 1.54) is 10.6 Å². The van der Waals surface area contributed by atoms with Crippen molar-refractivity contribution in [2.45, 2.75) is 18.9 Å². The maximum Gasteiger partial charge on any atom is 0.293 e. The fourth-order valence-corrected chi connectivity index (χ4v) is 3.55. The van der Waals surface area contributed by atoms with Gasteiger partial charge in [-0.2, -0.15) is 0 Å². The summed E-state index contributed by atoms with van der Waals surface area (Å²) in [5.41, 5.74) is 6.09. The van der Waals surface area contributed by atoms with Crippen LogP contribution in [0.5, 0.6) is 5.75 Å². The standard InChI is InChI=1S/C19H23ClN4O3/c1-23-10-2-4-16(23)17-5-3-11-24(17)12-18(25)21-22-19(26)13-27-15-8-6-14(20)7-9-15/h2,4,6-10,17H,3,5,11-13H2,1H3,(H,21,25)(H,22,26)/p+1/t17-/m1/s1. The van der Waals surface area contributed by atoms with Gasteiger partial charge in [0.1, 0.15) is 11.8 Å². The molecule has 1 saturated heterocycles. The Morgan fingerprint density at radius 2 is 1.96 bits per heavy atom. The highest BCUT2D eigenvalue weighted by atomic mass is 35.5. The second kappa shape index (κ2) is 8.92. The van der Waals surface area contributed by atoms with Crippen molar-refractivity contribution in [1.82, 2.24) is 15.4 Å². The van der Waals surface area contributed by atoms with Crippen LogP contribution in [0.4, 0.5) is 0 Å². The first kappa shape index (κ1) is 19.3. The van der Waals surface area contributed by atoms with Gasteiger partial charge in [-0.3, -0.25) is 20.4 Å². The van der Waals surface area contributed by atoms with Gasteiger partial charge in [-0.15, -0.1) is 0 Å². The molecule has 1 aromatic heterocycles. The number of nitrogens with zero attached hydrogens (tertiary/aromatic N) is 1. The molecule has 1 aliphatic rings. The predicted molar refractivity (Wildman–Crippen MR) is 101 cm³/mol. The highest BCUT2D eigenvalue weighted by Crippen LogP contribution is 2.18. The fourth-order valence-electron chi connectivity index (χ4n) is 3.42.